The van der Waals surface area contributed by atoms with E-state index in [2.05, 4.69) is 19.2 Å². The van der Waals surface area contributed by atoms with Crippen molar-refractivity contribution in [3.8, 4) is 0 Å². The Kier molecular flexibility index (Phi) is 3.32. The minimum Gasteiger partial charge on any atom is -0.389 e. The molecule has 1 aromatic carbocycles. The molecule has 2 rings (SSSR count). The zero-order valence-corrected chi connectivity index (χ0v) is 11.7. The van der Waals surface area contributed by atoms with Crippen molar-refractivity contribution >= 4 is 34.5 Å². The number of hydrogen-bond donors (Lipinski definition) is 2. The molecule has 1 aromatic rings. The van der Waals surface area contributed by atoms with Crippen LogP contribution in [-0.4, -0.2) is 11.5 Å². The lowest BCUT2D eigenvalue weighted by Crippen LogP contribution is -2.15. The van der Waals surface area contributed by atoms with E-state index in [1.807, 2.05) is 18.2 Å². The van der Waals surface area contributed by atoms with E-state index in [1.54, 1.807) is 0 Å². The number of nitrogens with one attached hydrogen (secondary N) is 1. The van der Waals surface area contributed by atoms with Gasteiger partial charge in [-0.3, -0.25) is 0 Å². The fourth-order valence-electron chi connectivity index (χ4n) is 2.08. The monoisotopic (exact) mass is 268 g/mol. The van der Waals surface area contributed by atoms with Crippen LogP contribution in [0.4, 0.5) is 5.69 Å². The van der Waals surface area contributed by atoms with Crippen molar-refractivity contribution in [2.24, 2.45) is 17.1 Å². The fourth-order valence-corrected chi connectivity index (χ4v) is 2.63. The van der Waals surface area contributed by atoms with Gasteiger partial charge in [0, 0.05) is 12.2 Å². The third kappa shape index (κ3) is 2.72. The number of anilines is 1. The molecule has 0 spiro atoms. The van der Waals surface area contributed by atoms with Gasteiger partial charge in [0.05, 0.1) is 10.6 Å². The fraction of sp³-hybridized carbons (Fsp3) is 0.462. The van der Waals surface area contributed by atoms with E-state index in [0.717, 1.165) is 23.7 Å². The third-order valence-electron chi connectivity index (χ3n) is 3.52. The first-order chi connectivity index (χ1) is 7.92. The molecule has 0 amide bonds. The average molecular weight is 269 g/mol. The van der Waals surface area contributed by atoms with Crippen molar-refractivity contribution in [3.05, 3.63) is 28.8 Å². The van der Waals surface area contributed by atoms with E-state index in [4.69, 9.17) is 29.6 Å². The SMILES string of the molecule is CC1(C)CC1CNc1cccc(Cl)c1C(N)=S. The molecule has 0 aromatic heterocycles. The molecule has 0 heterocycles. The molecule has 1 aliphatic rings. The van der Waals surface area contributed by atoms with Gasteiger partial charge in [0.2, 0.25) is 0 Å². The molecule has 4 heteroatoms. The van der Waals surface area contributed by atoms with Crippen LogP contribution in [0.2, 0.25) is 5.02 Å². The van der Waals surface area contributed by atoms with Crippen LogP contribution in [-0.2, 0) is 0 Å². The zero-order valence-electron chi connectivity index (χ0n) is 10.1. The van der Waals surface area contributed by atoms with E-state index in [9.17, 15) is 0 Å². The Morgan fingerprint density at radius 2 is 2.24 bits per heavy atom. The molecule has 3 N–H and O–H groups in total. The van der Waals surface area contributed by atoms with Crippen LogP contribution < -0.4 is 11.1 Å². The summed E-state index contributed by atoms with van der Waals surface area (Å²) in [6, 6.07) is 5.68. The number of halogens is 1. The second-order valence-electron chi connectivity index (χ2n) is 5.30. The Hall–Kier alpha value is -0.800. The van der Waals surface area contributed by atoms with Crippen LogP contribution >= 0.6 is 23.8 Å². The molecule has 1 aliphatic carbocycles. The molecular formula is C13H17ClN2S. The van der Waals surface area contributed by atoms with Crippen LogP contribution in [0.5, 0.6) is 0 Å². The Labute approximate surface area is 113 Å². The maximum absolute atomic E-state index is 6.10. The number of hydrogen-bond acceptors (Lipinski definition) is 2. The van der Waals surface area contributed by atoms with E-state index in [1.165, 1.54) is 6.42 Å². The van der Waals surface area contributed by atoms with Crippen molar-refractivity contribution in [3.63, 3.8) is 0 Å². The maximum atomic E-state index is 6.10. The summed E-state index contributed by atoms with van der Waals surface area (Å²) in [4.78, 5) is 0.341. The minimum absolute atomic E-state index is 0.341. The second kappa shape index (κ2) is 4.46. The molecular weight excluding hydrogens is 252 g/mol. The molecule has 1 atom stereocenters. The predicted octanol–water partition coefficient (Wildman–Crippen LogP) is 3.43. The largest absolute Gasteiger partial charge is 0.389 e. The Morgan fingerprint density at radius 3 is 2.76 bits per heavy atom. The highest BCUT2D eigenvalue weighted by Gasteiger charge is 2.44. The molecule has 92 valence electrons. The van der Waals surface area contributed by atoms with Gasteiger partial charge in [0.1, 0.15) is 4.99 Å². The second-order valence-corrected chi connectivity index (χ2v) is 6.14. The predicted molar refractivity (Wildman–Crippen MR) is 77.7 cm³/mol. The smallest absolute Gasteiger partial charge is 0.107 e. The quantitative estimate of drug-likeness (QED) is 0.822. The van der Waals surface area contributed by atoms with E-state index in [-0.39, 0.29) is 0 Å². The normalized spacial score (nSPS) is 21.0. The summed E-state index contributed by atoms with van der Waals surface area (Å²) < 4.78 is 0. The summed E-state index contributed by atoms with van der Waals surface area (Å²) >= 11 is 11.1. The molecule has 17 heavy (non-hydrogen) atoms. The van der Waals surface area contributed by atoms with Crippen molar-refractivity contribution < 1.29 is 0 Å². The Bertz CT molecular complexity index is 457. The van der Waals surface area contributed by atoms with E-state index in [0.29, 0.717) is 15.4 Å². The van der Waals surface area contributed by atoms with Gasteiger partial charge in [0.25, 0.3) is 0 Å². The van der Waals surface area contributed by atoms with Crippen LogP contribution in [0.15, 0.2) is 18.2 Å². The first kappa shape index (κ1) is 12.7. The highest BCUT2D eigenvalue weighted by Crippen LogP contribution is 2.51. The first-order valence-corrected chi connectivity index (χ1v) is 6.52. The van der Waals surface area contributed by atoms with Crippen molar-refractivity contribution in [1.29, 1.82) is 0 Å². The van der Waals surface area contributed by atoms with Crippen LogP contribution in [0.3, 0.4) is 0 Å². The third-order valence-corrected chi connectivity index (χ3v) is 4.04. The van der Waals surface area contributed by atoms with Crippen LogP contribution in [0.1, 0.15) is 25.8 Å². The van der Waals surface area contributed by atoms with E-state index < -0.39 is 0 Å². The molecule has 2 nitrogen and oxygen atoms in total. The molecule has 0 bridgehead atoms. The van der Waals surface area contributed by atoms with Gasteiger partial charge in [-0.25, -0.2) is 0 Å². The molecule has 1 fully saturated rings. The van der Waals surface area contributed by atoms with Gasteiger partial charge in [-0.15, -0.1) is 0 Å². The summed E-state index contributed by atoms with van der Waals surface area (Å²) in [7, 11) is 0. The van der Waals surface area contributed by atoms with Gasteiger partial charge < -0.3 is 11.1 Å². The highest BCUT2D eigenvalue weighted by atomic mass is 35.5. The van der Waals surface area contributed by atoms with Gasteiger partial charge >= 0.3 is 0 Å². The number of rotatable bonds is 4. The summed E-state index contributed by atoms with van der Waals surface area (Å²) in [6.45, 7) is 5.51. The number of thiocarbonyl (C=S) groups is 1. The Balaban J connectivity index is 2.10. The highest BCUT2D eigenvalue weighted by molar-refractivity contribution is 7.80. The lowest BCUT2D eigenvalue weighted by molar-refractivity contribution is 0.573. The molecule has 1 unspecified atom stereocenters. The number of nitrogens with two attached hydrogens (primary N) is 1. The minimum atomic E-state index is 0.341. The first-order valence-electron chi connectivity index (χ1n) is 5.74. The standard InChI is InChI=1S/C13H17ClN2S/c1-13(2)6-8(13)7-16-10-5-3-4-9(14)11(10)12(15)17/h3-5,8,16H,6-7H2,1-2H3,(H2,15,17). The van der Waals surface area contributed by atoms with E-state index >= 15 is 0 Å². The van der Waals surface area contributed by atoms with Crippen LogP contribution in [0, 0.1) is 11.3 Å². The topological polar surface area (TPSA) is 38.0 Å². The molecule has 0 radical (unpaired) electrons. The van der Waals surface area contributed by atoms with Gasteiger partial charge in [-0.2, -0.15) is 0 Å². The summed E-state index contributed by atoms with van der Waals surface area (Å²) in [5.74, 6) is 0.723. The summed E-state index contributed by atoms with van der Waals surface area (Å²) in [5.41, 5.74) is 7.86. The number of benzene rings is 1. The van der Waals surface area contributed by atoms with Gasteiger partial charge in [-0.1, -0.05) is 43.7 Å². The molecule has 1 saturated carbocycles. The van der Waals surface area contributed by atoms with Gasteiger partial charge in [-0.05, 0) is 29.9 Å². The average Bonchev–Trinajstić information content (AvgIpc) is 2.83. The molecule has 0 saturated heterocycles. The maximum Gasteiger partial charge on any atom is 0.107 e. The summed E-state index contributed by atoms with van der Waals surface area (Å²) in [6.07, 6.45) is 1.27. The van der Waals surface area contributed by atoms with Crippen molar-refractivity contribution in [2.45, 2.75) is 20.3 Å². The molecule has 0 aliphatic heterocycles. The summed E-state index contributed by atoms with van der Waals surface area (Å²) in [5, 5.41) is 4.01. The van der Waals surface area contributed by atoms with Gasteiger partial charge in [0.15, 0.2) is 0 Å². The zero-order chi connectivity index (χ0) is 12.6. The van der Waals surface area contributed by atoms with Crippen LogP contribution in [0.25, 0.3) is 0 Å². The van der Waals surface area contributed by atoms with Crippen molar-refractivity contribution in [2.75, 3.05) is 11.9 Å². The lowest BCUT2D eigenvalue weighted by atomic mass is 10.1. The Morgan fingerprint density at radius 1 is 1.59 bits per heavy atom. The van der Waals surface area contributed by atoms with Crippen molar-refractivity contribution in [1.82, 2.24) is 0 Å². The lowest BCUT2D eigenvalue weighted by Gasteiger charge is -2.13.